The molecule has 1 aromatic heterocycles. The van der Waals surface area contributed by atoms with Gasteiger partial charge in [-0.2, -0.15) is 0 Å². The van der Waals surface area contributed by atoms with Crippen molar-refractivity contribution in [2.75, 3.05) is 23.3 Å². The van der Waals surface area contributed by atoms with E-state index in [2.05, 4.69) is 58.9 Å². The minimum Gasteiger partial charge on any atom is -0.378 e. The van der Waals surface area contributed by atoms with Gasteiger partial charge in [-0.05, 0) is 61.9 Å². The highest BCUT2D eigenvalue weighted by Crippen LogP contribution is 2.25. The summed E-state index contributed by atoms with van der Waals surface area (Å²) in [5.74, 6) is 0. The van der Waals surface area contributed by atoms with Crippen molar-refractivity contribution in [3.05, 3.63) is 46.7 Å². The van der Waals surface area contributed by atoms with Crippen molar-refractivity contribution in [3.63, 3.8) is 0 Å². The van der Waals surface area contributed by atoms with Gasteiger partial charge in [0.05, 0.1) is 6.04 Å². The molecule has 0 spiro atoms. The summed E-state index contributed by atoms with van der Waals surface area (Å²) in [6.45, 7) is 4.63. The van der Waals surface area contributed by atoms with Crippen LogP contribution in [0.5, 0.6) is 0 Å². The molecule has 0 saturated carbocycles. The molecule has 2 aromatic rings. The van der Waals surface area contributed by atoms with Gasteiger partial charge in [0.15, 0.2) is 0 Å². The summed E-state index contributed by atoms with van der Waals surface area (Å²) < 4.78 is 0. The first kappa shape index (κ1) is 13.5. The summed E-state index contributed by atoms with van der Waals surface area (Å²) in [6, 6.07) is 13.6. The summed E-state index contributed by atoms with van der Waals surface area (Å²) in [6.07, 6.45) is 4.04. The molecule has 1 unspecified atom stereocenters. The Morgan fingerprint density at radius 2 is 1.80 bits per heavy atom. The zero-order chi connectivity index (χ0) is 13.8. The number of hydrogen-bond donors (Lipinski definition) is 1. The predicted molar refractivity (Wildman–Crippen MR) is 88.9 cm³/mol. The summed E-state index contributed by atoms with van der Waals surface area (Å²) in [4.78, 5) is 3.88. The van der Waals surface area contributed by atoms with Gasteiger partial charge in [0, 0.05) is 29.3 Å². The van der Waals surface area contributed by atoms with E-state index in [1.54, 1.807) is 11.3 Å². The third kappa shape index (κ3) is 3.15. The number of nitrogens with zero attached hydrogens (tertiary/aromatic N) is 1. The van der Waals surface area contributed by atoms with Crippen LogP contribution in [-0.2, 0) is 0 Å². The van der Waals surface area contributed by atoms with Crippen LogP contribution >= 0.6 is 11.3 Å². The van der Waals surface area contributed by atoms with Crippen LogP contribution in [0.1, 0.15) is 37.1 Å². The Bertz CT molecular complexity index is 512. The third-order valence-electron chi connectivity index (χ3n) is 3.94. The zero-order valence-electron chi connectivity index (χ0n) is 12.0. The van der Waals surface area contributed by atoms with E-state index in [-0.39, 0.29) is 0 Å². The molecule has 1 atom stereocenters. The van der Waals surface area contributed by atoms with Gasteiger partial charge in [0.2, 0.25) is 0 Å². The van der Waals surface area contributed by atoms with Crippen LogP contribution in [-0.4, -0.2) is 13.1 Å². The minimum absolute atomic E-state index is 0.371. The van der Waals surface area contributed by atoms with E-state index in [9.17, 15) is 0 Å². The number of rotatable bonds is 4. The second-order valence-corrected chi connectivity index (χ2v) is 6.46. The highest BCUT2D eigenvalue weighted by molar-refractivity contribution is 7.10. The first-order valence-corrected chi connectivity index (χ1v) is 8.36. The fraction of sp³-hybridized carbons (Fsp3) is 0.412. The lowest BCUT2D eigenvalue weighted by Crippen LogP contribution is -2.29. The molecule has 106 valence electrons. The van der Waals surface area contributed by atoms with Gasteiger partial charge < -0.3 is 10.2 Å². The number of anilines is 2. The molecule has 0 bridgehead atoms. The van der Waals surface area contributed by atoms with Crippen molar-refractivity contribution in [1.82, 2.24) is 0 Å². The van der Waals surface area contributed by atoms with Crippen LogP contribution in [0.4, 0.5) is 11.4 Å². The second kappa shape index (κ2) is 6.31. The monoisotopic (exact) mass is 286 g/mol. The highest BCUT2D eigenvalue weighted by atomic mass is 32.1. The average molecular weight is 286 g/mol. The van der Waals surface area contributed by atoms with Crippen LogP contribution in [0.2, 0.25) is 0 Å². The molecule has 20 heavy (non-hydrogen) atoms. The van der Waals surface area contributed by atoms with Gasteiger partial charge in [0.25, 0.3) is 0 Å². The molecule has 1 N–H and O–H groups in total. The van der Waals surface area contributed by atoms with Crippen LogP contribution in [0.15, 0.2) is 41.8 Å². The number of piperidine rings is 1. The summed E-state index contributed by atoms with van der Waals surface area (Å²) in [7, 11) is 0. The lowest BCUT2D eigenvalue weighted by Gasteiger charge is -2.29. The van der Waals surface area contributed by atoms with Gasteiger partial charge in [-0.3, -0.25) is 0 Å². The molecule has 1 aliphatic rings. The van der Waals surface area contributed by atoms with Crippen molar-refractivity contribution in [2.24, 2.45) is 0 Å². The van der Waals surface area contributed by atoms with Gasteiger partial charge in [-0.15, -0.1) is 11.3 Å². The van der Waals surface area contributed by atoms with E-state index in [4.69, 9.17) is 0 Å². The maximum atomic E-state index is 3.57. The van der Waals surface area contributed by atoms with Crippen LogP contribution < -0.4 is 10.2 Å². The topological polar surface area (TPSA) is 15.3 Å². The van der Waals surface area contributed by atoms with Gasteiger partial charge in [-0.1, -0.05) is 6.07 Å². The van der Waals surface area contributed by atoms with Crippen molar-refractivity contribution in [1.29, 1.82) is 0 Å². The second-order valence-electron chi connectivity index (χ2n) is 5.48. The van der Waals surface area contributed by atoms with E-state index < -0.39 is 0 Å². The molecule has 3 rings (SSSR count). The van der Waals surface area contributed by atoms with E-state index in [0.717, 1.165) is 0 Å². The van der Waals surface area contributed by atoms with E-state index in [1.165, 1.54) is 48.6 Å². The number of hydrogen-bond acceptors (Lipinski definition) is 3. The van der Waals surface area contributed by atoms with Crippen LogP contribution in [0.25, 0.3) is 0 Å². The number of nitrogens with one attached hydrogen (secondary N) is 1. The number of thiophene rings is 1. The molecule has 1 aliphatic heterocycles. The molecule has 1 saturated heterocycles. The molecule has 1 aromatic carbocycles. The maximum absolute atomic E-state index is 3.57. The van der Waals surface area contributed by atoms with Crippen LogP contribution in [0.3, 0.4) is 0 Å². The Balaban J connectivity index is 1.63. The zero-order valence-corrected chi connectivity index (χ0v) is 12.8. The average Bonchev–Trinajstić information content (AvgIpc) is 3.03. The Hall–Kier alpha value is -1.48. The molecule has 3 heteroatoms. The first-order chi connectivity index (χ1) is 9.83. The van der Waals surface area contributed by atoms with Crippen molar-refractivity contribution >= 4 is 22.7 Å². The lowest BCUT2D eigenvalue weighted by molar-refractivity contribution is 0.578. The fourth-order valence-electron chi connectivity index (χ4n) is 2.78. The third-order valence-corrected chi connectivity index (χ3v) is 5.00. The molecule has 1 fully saturated rings. The van der Waals surface area contributed by atoms with Gasteiger partial charge in [-0.25, -0.2) is 0 Å². The van der Waals surface area contributed by atoms with Crippen molar-refractivity contribution in [3.8, 4) is 0 Å². The fourth-order valence-corrected chi connectivity index (χ4v) is 3.51. The minimum atomic E-state index is 0.371. The molecular weight excluding hydrogens is 264 g/mol. The van der Waals surface area contributed by atoms with Crippen molar-refractivity contribution in [2.45, 2.75) is 32.2 Å². The standard InChI is InChI=1S/C17H22N2S/c1-14(17-6-5-13-20-17)18-15-7-9-16(10-8-15)19-11-3-2-4-12-19/h5-10,13-14,18H,2-4,11-12H2,1H3. The first-order valence-electron chi connectivity index (χ1n) is 7.48. The van der Waals surface area contributed by atoms with E-state index in [1.807, 2.05) is 0 Å². The normalized spacial score (nSPS) is 16.9. The SMILES string of the molecule is CC(Nc1ccc(N2CCCCC2)cc1)c1cccs1. The summed E-state index contributed by atoms with van der Waals surface area (Å²) in [5.41, 5.74) is 2.56. The Morgan fingerprint density at radius 1 is 1.05 bits per heavy atom. The molecule has 2 heterocycles. The maximum Gasteiger partial charge on any atom is 0.0578 e. The largest absolute Gasteiger partial charge is 0.378 e. The Morgan fingerprint density at radius 3 is 2.45 bits per heavy atom. The molecule has 0 aliphatic carbocycles. The molecule has 2 nitrogen and oxygen atoms in total. The van der Waals surface area contributed by atoms with Crippen LogP contribution in [0, 0.1) is 0 Å². The molecule has 0 amide bonds. The smallest absolute Gasteiger partial charge is 0.0578 e. The predicted octanol–water partition coefficient (Wildman–Crippen LogP) is 4.91. The van der Waals surface area contributed by atoms with Gasteiger partial charge >= 0.3 is 0 Å². The highest BCUT2D eigenvalue weighted by Gasteiger charge is 2.11. The Labute approximate surface area is 125 Å². The lowest BCUT2D eigenvalue weighted by atomic mass is 10.1. The quantitative estimate of drug-likeness (QED) is 0.859. The van der Waals surface area contributed by atoms with E-state index in [0.29, 0.717) is 6.04 Å². The summed E-state index contributed by atoms with van der Waals surface area (Å²) in [5, 5.41) is 5.70. The Kier molecular flexibility index (Phi) is 4.26. The summed E-state index contributed by atoms with van der Waals surface area (Å²) >= 11 is 1.81. The van der Waals surface area contributed by atoms with Gasteiger partial charge in [0.1, 0.15) is 0 Å². The number of benzene rings is 1. The van der Waals surface area contributed by atoms with E-state index >= 15 is 0 Å². The van der Waals surface area contributed by atoms with Crippen molar-refractivity contribution < 1.29 is 0 Å². The molecule has 0 radical (unpaired) electrons. The molecular formula is C17H22N2S.